The third-order valence-corrected chi connectivity index (χ3v) is 3.08. The number of halogens is 1. The van der Waals surface area contributed by atoms with E-state index >= 15 is 0 Å². The van der Waals surface area contributed by atoms with Crippen molar-refractivity contribution in [2.45, 2.75) is 13.0 Å². The van der Waals surface area contributed by atoms with E-state index in [1.54, 1.807) is 31.2 Å². The number of hydrogen-bond donors (Lipinski definition) is 2. The summed E-state index contributed by atoms with van der Waals surface area (Å²) in [6.45, 7) is 2.76. The first-order valence-electron chi connectivity index (χ1n) is 6.49. The van der Waals surface area contributed by atoms with Gasteiger partial charge in [0.05, 0.1) is 30.8 Å². The Morgan fingerprint density at radius 2 is 2.05 bits per heavy atom. The molecule has 112 valence electrons. The first kappa shape index (κ1) is 16.8. The van der Waals surface area contributed by atoms with E-state index in [0.717, 1.165) is 5.69 Å². The highest BCUT2D eigenvalue weighted by atomic mass is 35.5. The van der Waals surface area contributed by atoms with Crippen LogP contribution in [-0.4, -0.2) is 54.5 Å². The van der Waals surface area contributed by atoms with E-state index in [2.05, 4.69) is 0 Å². The van der Waals surface area contributed by atoms with E-state index in [1.807, 2.05) is 4.90 Å². The lowest BCUT2D eigenvalue weighted by Gasteiger charge is -2.26. The number of ether oxygens (including phenoxy) is 1. The second-order valence-electron chi connectivity index (χ2n) is 4.25. The van der Waals surface area contributed by atoms with Crippen LogP contribution < -0.4 is 4.90 Å². The van der Waals surface area contributed by atoms with Crippen molar-refractivity contribution >= 4 is 23.3 Å². The normalized spacial score (nSPS) is 12.0. The highest BCUT2D eigenvalue weighted by Gasteiger charge is 2.13. The van der Waals surface area contributed by atoms with Gasteiger partial charge in [0.2, 0.25) is 0 Å². The highest BCUT2D eigenvalue weighted by Crippen LogP contribution is 2.16. The minimum atomic E-state index is -0.673. The fourth-order valence-corrected chi connectivity index (χ4v) is 1.87. The lowest BCUT2D eigenvalue weighted by Crippen LogP contribution is -2.35. The van der Waals surface area contributed by atoms with Gasteiger partial charge in [0.15, 0.2) is 0 Å². The van der Waals surface area contributed by atoms with Crippen molar-refractivity contribution in [3.63, 3.8) is 0 Å². The number of carbonyl (C=O) groups excluding carboxylic acids is 1. The Hall–Kier alpha value is -1.30. The van der Waals surface area contributed by atoms with Crippen molar-refractivity contribution in [1.29, 1.82) is 0 Å². The van der Waals surface area contributed by atoms with E-state index < -0.39 is 6.10 Å². The molecule has 1 atom stereocenters. The van der Waals surface area contributed by atoms with Gasteiger partial charge in [0.1, 0.15) is 0 Å². The monoisotopic (exact) mass is 301 g/mol. The minimum Gasteiger partial charge on any atom is -0.462 e. The summed E-state index contributed by atoms with van der Waals surface area (Å²) in [4.78, 5) is 13.3. The largest absolute Gasteiger partial charge is 0.462 e. The number of carbonyl (C=O) groups is 1. The molecule has 0 fully saturated rings. The van der Waals surface area contributed by atoms with E-state index in [-0.39, 0.29) is 18.5 Å². The van der Waals surface area contributed by atoms with Gasteiger partial charge in [-0.15, -0.1) is 11.6 Å². The van der Waals surface area contributed by atoms with Crippen molar-refractivity contribution in [2.24, 2.45) is 0 Å². The number of aliphatic hydroxyl groups is 2. The van der Waals surface area contributed by atoms with E-state index in [4.69, 9.17) is 21.4 Å². The van der Waals surface area contributed by atoms with Crippen molar-refractivity contribution in [1.82, 2.24) is 0 Å². The van der Waals surface area contributed by atoms with Crippen molar-refractivity contribution in [2.75, 3.05) is 37.1 Å². The Morgan fingerprint density at radius 1 is 1.40 bits per heavy atom. The average molecular weight is 302 g/mol. The van der Waals surface area contributed by atoms with Gasteiger partial charge in [0, 0.05) is 18.8 Å². The van der Waals surface area contributed by atoms with Crippen LogP contribution in [0.4, 0.5) is 5.69 Å². The molecule has 1 aromatic rings. The molecule has 5 nitrogen and oxygen atoms in total. The van der Waals surface area contributed by atoms with Gasteiger partial charge in [0.25, 0.3) is 0 Å². The number of esters is 1. The zero-order valence-electron chi connectivity index (χ0n) is 11.5. The molecule has 6 heteroatoms. The van der Waals surface area contributed by atoms with Crippen LogP contribution in [0.1, 0.15) is 17.3 Å². The van der Waals surface area contributed by atoms with Gasteiger partial charge in [-0.1, -0.05) is 0 Å². The van der Waals surface area contributed by atoms with Crippen molar-refractivity contribution in [3.8, 4) is 0 Å². The maximum atomic E-state index is 11.5. The van der Waals surface area contributed by atoms with Gasteiger partial charge in [-0.2, -0.15) is 0 Å². The topological polar surface area (TPSA) is 70.0 Å². The standard InChI is InChI=1S/C14H20ClNO4/c1-2-20-14(19)11-3-5-12(6-4-11)16(7-8-17)10-13(18)9-15/h3-6,13,17-18H,2,7-10H2,1H3/t13-/m1/s1. The molecular weight excluding hydrogens is 282 g/mol. The second-order valence-corrected chi connectivity index (χ2v) is 4.55. The SMILES string of the molecule is CCOC(=O)c1ccc(N(CCO)C[C@H](O)CCl)cc1. The lowest BCUT2D eigenvalue weighted by molar-refractivity contribution is 0.0526. The molecule has 0 aliphatic rings. The van der Waals surface area contributed by atoms with E-state index in [0.29, 0.717) is 25.3 Å². The molecule has 0 saturated carbocycles. The molecule has 1 aromatic carbocycles. The Kier molecular flexibility index (Phi) is 7.36. The van der Waals surface area contributed by atoms with Crippen LogP contribution in [0, 0.1) is 0 Å². The molecule has 1 rings (SSSR count). The maximum Gasteiger partial charge on any atom is 0.338 e. The van der Waals surface area contributed by atoms with Crippen LogP contribution in [0.3, 0.4) is 0 Å². The molecule has 0 radical (unpaired) electrons. The zero-order valence-corrected chi connectivity index (χ0v) is 12.2. The number of nitrogens with zero attached hydrogens (tertiary/aromatic N) is 1. The molecular formula is C14H20ClNO4. The molecule has 20 heavy (non-hydrogen) atoms. The first-order chi connectivity index (χ1) is 9.62. The third-order valence-electron chi connectivity index (χ3n) is 2.72. The summed E-state index contributed by atoms with van der Waals surface area (Å²) in [6.07, 6.45) is -0.673. The first-order valence-corrected chi connectivity index (χ1v) is 7.02. The zero-order chi connectivity index (χ0) is 15.0. The molecule has 0 unspecified atom stereocenters. The molecule has 0 bridgehead atoms. The van der Waals surface area contributed by atoms with Crippen LogP contribution in [0.15, 0.2) is 24.3 Å². The summed E-state index contributed by atoms with van der Waals surface area (Å²) in [5.74, 6) is -0.239. The minimum absolute atomic E-state index is 0.0331. The number of rotatable bonds is 8. The van der Waals surface area contributed by atoms with Gasteiger partial charge >= 0.3 is 5.97 Å². The Balaban J connectivity index is 2.79. The predicted molar refractivity (Wildman–Crippen MR) is 78.4 cm³/mol. The Morgan fingerprint density at radius 3 is 2.55 bits per heavy atom. The number of alkyl halides is 1. The smallest absolute Gasteiger partial charge is 0.338 e. The molecule has 0 amide bonds. The summed E-state index contributed by atoms with van der Waals surface area (Å²) in [6, 6.07) is 6.82. The molecule has 0 saturated heterocycles. The molecule has 0 aromatic heterocycles. The molecule has 0 aliphatic heterocycles. The van der Waals surface area contributed by atoms with E-state index in [1.165, 1.54) is 0 Å². The third kappa shape index (κ3) is 5.00. The number of aliphatic hydroxyl groups excluding tert-OH is 2. The summed E-state index contributed by atoms with van der Waals surface area (Å²) in [5, 5.41) is 18.7. The van der Waals surface area contributed by atoms with Crippen LogP contribution >= 0.6 is 11.6 Å². The maximum absolute atomic E-state index is 11.5. The van der Waals surface area contributed by atoms with Gasteiger partial charge in [-0.25, -0.2) is 4.79 Å². The lowest BCUT2D eigenvalue weighted by atomic mass is 10.2. The van der Waals surface area contributed by atoms with Crippen molar-refractivity contribution < 1.29 is 19.7 Å². The highest BCUT2D eigenvalue weighted by molar-refractivity contribution is 6.18. The number of anilines is 1. The second kappa shape index (κ2) is 8.79. The quantitative estimate of drug-likeness (QED) is 0.559. The molecule has 0 heterocycles. The van der Waals surface area contributed by atoms with E-state index in [9.17, 15) is 9.90 Å². The van der Waals surface area contributed by atoms with Crippen LogP contribution in [0.25, 0.3) is 0 Å². The molecule has 0 spiro atoms. The number of benzene rings is 1. The average Bonchev–Trinajstić information content (AvgIpc) is 2.47. The fourth-order valence-electron chi connectivity index (χ4n) is 1.77. The fraction of sp³-hybridized carbons (Fsp3) is 0.500. The van der Waals surface area contributed by atoms with Gasteiger partial charge in [-0.3, -0.25) is 0 Å². The van der Waals surface area contributed by atoms with Gasteiger partial charge in [-0.05, 0) is 31.2 Å². The van der Waals surface area contributed by atoms with Crippen LogP contribution in [0.5, 0.6) is 0 Å². The molecule has 2 N–H and O–H groups in total. The number of hydrogen-bond acceptors (Lipinski definition) is 5. The predicted octanol–water partition coefficient (Wildman–Crippen LogP) is 1.26. The Bertz CT molecular complexity index is 410. The Labute approximate surface area is 123 Å². The summed E-state index contributed by atoms with van der Waals surface area (Å²) >= 11 is 5.58. The van der Waals surface area contributed by atoms with Gasteiger partial charge < -0.3 is 19.8 Å². The summed E-state index contributed by atoms with van der Waals surface area (Å²) in [7, 11) is 0. The van der Waals surface area contributed by atoms with Crippen LogP contribution in [-0.2, 0) is 4.74 Å². The summed E-state index contributed by atoms with van der Waals surface area (Å²) in [5.41, 5.74) is 1.27. The van der Waals surface area contributed by atoms with Crippen molar-refractivity contribution in [3.05, 3.63) is 29.8 Å². The van der Waals surface area contributed by atoms with Crippen LogP contribution in [0.2, 0.25) is 0 Å². The summed E-state index contributed by atoms with van der Waals surface area (Å²) < 4.78 is 4.91. The molecule has 0 aliphatic carbocycles.